The zero-order valence-electron chi connectivity index (χ0n) is 9.24. The Morgan fingerprint density at radius 3 is 3.00 bits per heavy atom. The third-order valence-corrected chi connectivity index (χ3v) is 2.84. The third kappa shape index (κ3) is 4.25. The van der Waals surface area contributed by atoms with Crippen LogP contribution in [0.15, 0.2) is 12.2 Å². The van der Waals surface area contributed by atoms with E-state index in [-0.39, 0.29) is 0 Å². The first kappa shape index (κ1) is 11.7. The van der Waals surface area contributed by atoms with Crippen molar-refractivity contribution in [3.8, 4) is 0 Å². The van der Waals surface area contributed by atoms with Gasteiger partial charge in [0.15, 0.2) is 0 Å². The quantitative estimate of drug-likeness (QED) is 0.705. The molecule has 1 aliphatic rings. The molecule has 2 N–H and O–H groups in total. The fourth-order valence-electron chi connectivity index (χ4n) is 1.94. The predicted octanol–water partition coefficient (Wildman–Crippen LogP) is 2.49. The van der Waals surface area contributed by atoms with Crippen molar-refractivity contribution in [2.24, 2.45) is 11.7 Å². The summed E-state index contributed by atoms with van der Waals surface area (Å²) >= 11 is 0. The van der Waals surface area contributed by atoms with Gasteiger partial charge in [-0.3, -0.25) is 0 Å². The van der Waals surface area contributed by atoms with Gasteiger partial charge < -0.3 is 10.5 Å². The number of hydrogen-bond acceptors (Lipinski definition) is 2. The summed E-state index contributed by atoms with van der Waals surface area (Å²) in [6, 6.07) is 0. The van der Waals surface area contributed by atoms with Gasteiger partial charge in [-0.05, 0) is 19.3 Å². The average molecular weight is 197 g/mol. The monoisotopic (exact) mass is 197 g/mol. The van der Waals surface area contributed by atoms with Crippen molar-refractivity contribution >= 4 is 0 Å². The number of rotatable bonds is 3. The number of allylic oxidation sites excluding steroid dienone is 1. The molecule has 0 saturated carbocycles. The topological polar surface area (TPSA) is 35.2 Å². The molecule has 1 rings (SSSR count). The van der Waals surface area contributed by atoms with Gasteiger partial charge in [-0.1, -0.05) is 31.9 Å². The molecule has 2 unspecified atom stereocenters. The largest absolute Gasteiger partial charge is 0.376 e. The standard InChI is InChI=1S/C12H23NO/c1-11-7-5-3-2-4-6-8-12(11)14-10-9-13/h5,7,11-12H,2-4,6,8-10,13H2,1H3/b7-5-. The van der Waals surface area contributed by atoms with Crippen molar-refractivity contribution < 1.29 is 4.74 Å². The molecule has 0 aromatic heterocycles. The molecule has 0 aromatic rings. The normalized spacial score (nSPS) is 31.6. The van der Waals surface area contributed by atoms with Crippen molar-refractivity contribution in [3.63, 3.8) is 0 Å². The van der Waals surface area contributed by atoms with Crippen LogP contribution in [-0.4, -0.2) is 19.3 Å². The Morgan fingerprint density at radius 1 is 1.36 bits per heavy atom. The van der Waals surface area contributed by atoms with Gasteiger partial charge in [0.2, 0.25) is 0 Å². The second-order valence-corrected chi connectivity index (χ2v) is 4.12. The zero-order valence-corrected chi connectivity index (χ0v) is 9.24. The molecule has 0 spiro atoms. The Balaban J connectivity index is 2.41. The first-order chi connectivity index (χ1) is 6.84. The molecule has 0 aliphatic heterocycles. The van der Waals surface area contributed by atoms with Crippen molar-refractivity contribution in [2.45, 2.75) is 45.1 Å². The van der Waals surface area contributed by atoms with Gasteiger partial charge in [0, 0.05) is 12.5 Å². The van der Waals surface area contributed by atoms with Gasteiger partial charge in [-0.2, -0.15) is 0 Å². The fraction of sp³-hybridized carbons (Fsp3) is 0.833. The molecule has 2 nitrogen and oxygen atoms in total. The van der Waals surface area contributed by atoms with Crippen molar-refractivity contribution in [3.05, 3.63) is 12.2 Å². The summed E-state index contributed by atoms with van der Waals surface area (Å²) in [6.07, 6.45) is 11.3. The van der Waals surface area contributed by atoms with E-state index in [0.29, 0.717) is 25.2 Å². The second kappa shape index (κ2) is 7.02. The Morgan fingerprint density at radius 2 is 2.21 bits per heavy atom. The maximum absolute atomic E-state index is 5.76. The lowest BCUT2D eigenvalue weighted by Gasteiger charge is -2.21. The average Bonchev–Trinajstić information content (AvgIpc) is 2.28. The lowest BCUT2D eigenvalue weighted by atomic mass is 10.00. The van der Waals surface area contributed by atoms with E-state index in [1.54, 1.807) is 0 Å². The molecular formula is C12H23NO. The van der Waals surface area contributed by atoms with Crippen LogP contribution in [0.1, 0.15) is 39.0 Å². The summed E-state index contributed by atoms with van der Waals surface area (Å²) in [4.78, 5) is 0. The van der Waals surface area contributed by atoms with E-state index >= 15 is 0 Å². The number of ether oxygens (including phenoxy) is 1. The van der Waals surface area contributed by atoms with E-state index in [4.69, 9.17) is 10.5 Å². The maximum Gasteiger partial charge on any atom is 0.0635 e. The smallest absolute Gasteiger partial charge is 0.0635 e. The van der Waals surface area contributed by atoms with E-state index in [0.717, 1.165) is 0 Å². The SMILES string of the molecule is CC1/C=C\CCCCCC1OCCN. The molecule has 0 heterocycles. The molecule has 0 saturated heterocycles. The molecule has 0 bridgehead atoms. The van der Waals surface area contributed by atoms with Gasteiger partial charge in [0.05, 0.1) is 12.7 Å². The van der Waals surface area contributed by atoms with E-state index in [1.165, 1.54) is 32.1 Å². The Hall–Kier alpha value is -0.340. The van der Waals surface area contributed by atoms with Gasteiger partial charge in [0.25, 0.3) is 0 Å². The molecule has 2 atom stereocenters. The third-order valence-electron chi connectivity index (χ3n) is 2.84. The second-order valence-electron chi connectivity index (χ2n) is 4.12. The fourth-order valence-corrected chi connectivity index (χ4v) is 1.94. The van der Waals surface area contributed by atoms with Crippen molar-refractivity contribution in [1.82, 2.24) is 0 Å². The van der Waals surface area contributed by atoms with Gasteiger partial charge >= 0.3 is 0 Å². The Labute approximate surface area is 87.5 Å². The van der Waals surface area contributed by atoms with E-state index < -0.39 is 0 Å². The Bertz CT molecular complexity index is 168. The van der Waals surface area contributed by atoms with Gasteiger partial charge in [-0.25, -0.2) is 0 Å². The van der Waals surface area contributed by atoms with Crippen LogP contribution in [0, 0.1) is 5.92 Å². The molecule has 0 aromatic carbocycles. The minimum Gasteiger partial charge on any atom is -0.376 e. The van der Waals surface area contributed by atoms with Crippen LogP contribution in [0.2, 0.25) is 0 Å². The highest BCUT2D eigenvalue weighted by Gasteiger charge is 2.15. The van der Waals surface area contributed by atoms with Gasteiger partial charge in [0.1, 0.15) is 0 Å². The van der Waals surface area contributed by atoms with Crippen LogP contribution in [0.25, 0.3) is 0 Å². The summed E-state index contributed by atoms with van der Waals surface area (Å²) in [7, 11) is 0. The summed E-state index contributed by atoms with van der Waals surface area (Å²) in [5.41, 5.74) is 5.45. The molecule has 14 heavy (non-hydrogen) atoms. The minimum atomic E-state index is 0.382. The van der Waals surface area contributed by atoms with Crippen molar-refractivity contribution in [2.75, 3.05) is 13.2 Å². The van der Waals surface area contributed by atoms with Crippen LogP contribution in [0.3, 0.4) is 0 Å². The highest BCUT2D eigenvalue weighted by atomic mass is 16.5. The Kier molecular flexibility index (Phi) is 5.88. The minimum absolute atomic E-state index is 0.382. The molecule has 82 valence electrons. The summed E-state index contributed by atoms with van der Waals surface area (Å²) < 4.78 is 5.76. The summed E-state index contributed by atoms with van der Waals surface area (Å²) in [5.74, 6) is 0.541. The number of hydrogen-bond donors (Lipinski definition) is 1. The first-order valence-electron chi connectivity index (χ1n) is 5.83. The van der Waals surface area contributed by atoms with Crippen LogP contribution in [0.4, 0.5) is 0 Å². The maximum atomic E-state index is 5.76. The van der Waals surface area contributed by atoms with Crippen molar-refractivity contribution in [1.29, 1.82) is 0 Å². The highest BCUT2D eigenvalue weighted by Crippen LogP contribution is 2.19. The van der Waals surface area contributed by atoms with Gasteiger partial charge in [-0.15, -0.1) is 0 Å². The molecule has 1 aliphatic carbocycles. The molecular weight excluding hydrogens is 174 g/mol. The lowest BCUT2D eigenvalue weighted by molar-refractivity contribution is 0.0277. The molecule has 2 heteroatoms. The van der Waals surface area contributed by atoms with Crippen LogP contribution < -0.4 is 5.73 Å². The van der Waals surface area contributed by atoms with E-state index in [2.05, 4.69) is 19.1 Å². The van der Waals surface area contributed by atoms with Crippen LogP contribution in [-0.2, 0) is 4.74 Å². The molecule has 0 fully saturated rings. The summed E-state index contributed by atoms with van der Waals surface area (Å²) in [6.45, 7) is 3.57. The predicted molar refractivity (Wildman–Crippen MR) is 60.2 cm³/mol. The number of nitrogens with two attached hydrogens (primary N) is 1. The van der Waals surface area contributed by atoms with Crippen LogP contribution >= 0.6 is 0 Å². The van der Waals surface area contributed by atoms with E-state index in [9.17, 15) is 0 Å². The van der Waals surface area contributed by atoms with E-state index in [1.807, 2.05) is 0 Å². The lowest BCUT2D eigenvalue weighted by Crippen LogP contribution is -2.23. The first-order valence-corrected chi connectivity index (χ1v) is 5.83. The zero-order chi connectivity index (χ0) is 10.2. The highest BCUT2D eigenvalue weighted by molar-refractivity contribution is 4.91. The van der Waals surface area contributed by atoms with Crippen LogP contribution in [0.5, 0.6) is 0 Å². The molecule has 0 radical (unpaired) electrons. The summed E-state index contributed by atoms with van der Waals surface area (Å²) in [5, 5.41) is 0. The molecule has 0 amide bonds.